The van der Waals surface area contributed by atoms with Crippen LogP contribution in [0.4, 0.5) is 11.6 Å². The quantitative estimate of drug-likeness (QED) is 0.265. The first-order valence-corrected chi connectivity index (χ1v) is 17.9. The molecule has 2 aliphatic heterocycles. The van der Waals surface area contributed by atoms with Crippen molar-refractivity contribution in [3.05, 3.63) is 83.4 Å². The molecule has 0 aliphatic carbocycles. The minimum Gasteiger partial charge on any atom is -0.475 e. The third-order valence-corrected chi connectivity index (χ3v) is 10.1. The molecule has 1 amide bonds. The zero-order valence-electron chi connectivity index (χ0n) is 28.2. The molecule has 0 saturated carbocycles. The summed E-state index contributed by atoms with van der Waals surface area (Å²) in [6, 6.07) is 13.2. The summed E-state index contributed by atoms with van der Waals surface area (Å²) in [6.07, 6.45) is 7.74. The van der Waals surface area contributed by atoms with E-state index in [0.29, 0.717) is 17.9 Å². The maximum absolute atomic E-state index is 14.4. The Morgan fingerprint density at radius 2 is 1.62 bits per heavy atom. The number of aromatic nitrogens is 4. The molecule has 2 aliphatic rings. The zero-order valence-corrected chi connectivity index (χ0v) is 29.0. The van der Waals surface area contributed by atoms with E-state index >= 15 is 0 Å². The van der Waals surface area contributed by atoms with Crippen molar-refractivity contribution < 1.29 is 17.9 Å². The number of carbonyl (C=O) groups is 1. The fourth-order valence-corrected chi connectivity index (χ4v) is 7.43. The van der Waals surface area contributed by atoms with Crippen molar-refractivity contribution in [2.45, 2.75) is 77.8 Å². The Kier molecular flexibility index (Phi) is 9.37. The van der Waals surface area contributed by atoms with Crippen LogP contribution in [0, 0.1) is 19.3 Å². The summed E-state index contributed by atoms with van der Waals surface area (Å²) in [7, 11) is -4.17. The Balaban J connectivity index is 1.43. The van der Waals surface area contributed by atoms with Crippen LogP contribution >= 0.6 is 0 Å². The molecule has 252 valence electrons. The predicted octanol–water partition coefficient (Wildman–Crippen LogP) is 6.18. The Labute approximate surface area is 282 Å². The normalized spacial score (nSPS) is 18.2. The average molecular weight is 670 g/mol. The molecule has 0 spiro atoms. The van der Waals surface area contributed by atoms with Crippen molar-refractivity contribution in [1.82, 2.24) is 24.8 Å². The molecule has 6 rings (SSSR count). The van der Waals surface area contributed by atoms with Crippen molar-refractivity contribution in [3.8, 4) is 17.1 Å². The molecule has 11 nitrogen and oxygen atoms in total. The Morgan fingerprint density at radius 3 is 2.31 bits per heavy atom. The van der Waals surface area contributed by atoms with Crippen LogP contribution in [0.5, 0.6) is 5.88 Å². The van der Waals surface area contributed by atoms with Crippen LogP contribution < -0.4 is 14.4 Å². The van der Waals surface area contributed by atoms with Gasteiger partial charge in [0.1, 0.15) is 12.4 Å². The van der Waals surface area contributed by atoms with Crippen molar-refractivity contribution in [2.24, 2.45) is 5.41 Å². The van der Waals surface area contributed by atoms with E-state index in [1.165, 1.54) is 18.6 Å². The first kappa shape index (κ1) is 33.3. The summed E-state index contributed by atoms with van der Waals surface area (Å²) in [5, 5.41) is 0. The van der Waals surface area contributed by atoms with Gasteiger partial charge in [-0.1, -0.05) is 45.0 Å². The van der Waals surface area contributed by atoms with E-state index in [0.717, 1.165) is 48.3 Å². The second-order valence-corrected chi connectivity index (χ2v) is 15.6. The number of piperidine rings is 1. The topological polar surface area (TPSA) is 131 Å². The number of amides is 1. The van der Waals surface area contributed by atoms with E-state index in [1.54, 1.807) is 23.1 Å². The molecule has 4 heterocycles. The summed E-state index contributed by atoms with van der Waals surface area (Å²) in [5.41, 5.74) is 4.36. The average Bonchev–Trinajstić information content (AvgIpc) is 3.05. The highest BCUT2D eigenvalue weighted by Gasteiger charge is 2.32. The number of sulfonamides is 1. The molecule has 48 heavy (non-hydrogen) atoms. The van der Waals surface area contributed by atoms with E-state index in [2.05, 4.69) is 50.3 Å². The summed E-state index contributed by atoms with van der Waals surface area (Å²) in [5.74, 6) is 0.216. The van der Waals surface area contributed by atoms with Gasteiger partial charge >= 0.3 is 0 Å². The smallest absolute Gasteiger partial charge is 0.264 e. The van der Waals surface area contributed by atoms with Gasteiger partial charge in [-0.25, -0.2) is 28.1 Å². The predicted molar refractivity (Wildman–Crippen MR) is 186 cm³/mol. The van der Waals surface area contributed by atoms with Crippen molar-refractivity contribution in [2.75, 3.05) is 29.3 Å². The van der Waals surface area contributed by atoms with Gasteiger partial charge < -0.3 is 14.5 Å². The largest absolute Gasteiger partial charge is 0.475 e. The maximum Gasteiger partial charge on any atom is 0.264 e. The molecule has 0 radical (unpaired) electrons. The highest BCUT2D eigenvalue weighted by molar-refractivity contribution is 7.92. The number of ether oxygens (including phenoxy) is 1. The van der Waals surface area contributed by atoms with E-state index in [9.17, 15) is 13.2 Å². The summed E-state index contributed by atoms with van der Waals surface area (Å²) < 4.78 is 36.2. The zero-order chi connectivity index (χ0) is 34.1. The van der Waals surface area contributed by atoms with Gasteiger partial charge in [0.05, 0.1) is 41.3 Å². The van der Waals surface area contributed by atoms with Gasteiger partial charge in [-0.3, -0.25) is 4.79 Å². The molecule has 2 aromatic heterocycles. The second-order valence-electron chi connectivity index (χ2n) is 13.9. The number of anilines is 2. The van der Waals surface area contributed by atoms with Crippen LogP contribution in [-0.2, 0) is 16.6 Å². The molecule has 4 bridgehead atoms. The lowest BCUT2D eigenvalue weighted by atomic mass is 9.87. The number of aryl methyl sites for hydroxylation is 2. The van der Waals surface area contributed by atoms with Crippen LogP contribution in [0.3, 0.4) is 0 Å². The summed E-state index contributed by atoms with van der Waals surface area (Å²) >= 11 is 0. The van der Waals surface area contributed by atoms with Gasteiger partial charge in [0.2, 0.25) is 11.8 Å². The van der Waals surface area contributed by atoms with Crippen molar-refractivity contribution in [1.29, 1.82) is 0 Å². The number of nitrogens with zero attached hydrogens (tertiary/aromatic N) is 6. The van der Waals surface area contributed by atoms with Crippen LogP contribution in [-0.4, -0.2) is 64.9 Å². The number of hydrogen-bond donors (Lipinski definition) is 1. The van der Waals surface area contributed by atoms with E-state index in [4.69, 9.17) is 4.74 Å². The third kappa shape index (κ3) is 7.59. The SMILES string of the molecule is Cc1cccc(C)c1-c1cc2nc(n1)NS(=O)(=O)c1cccc(c1)C(=O)N(Cc1ncc(N3CCCCC3)cn1)[C@H](CC(C)(C)C)CO2. The lowest BCUT2D eigenvalue weighted by Crippen LogP contribution is -2.45. The second kappa shape index (κ2) is 13.5. The highest BCUT2D eigenvalue weighted by Crippen LogP contribution is 2.32. The van der Waals surface area contributed by atoms with Crippen LogP contribution in [0.15, 0.2) is 65.8 Å². The number of carbonyl (C=O) groups excluding carboxylic acids is 1. The van der Waals surface area contributed by atoms with Gasteiger partial charge in [0, 0.05) is 30.3 Å². The van der Waals surface area contributed by atoms with Crippen molar-refractivity contribution >= 4 is 27.6 Å². The lowest BCUT2D eigenvalue weighted by molar-refractivity contribution is 0.0505. The number of fused-ring (bicyclic) bond motifs is 4. The molecular formula is C36H43N7O4S. The number of benzene rings is 2. The van der Waals surface area contributed by atoms with E-state index in [-0.39, 0.29) is 46.8 Å². The number of hydrogen-bond acceptors (Lipinski definition) is 9. The van der Waals surface area contributed by atoms with Crippen LogP contribution in [0.25, 0.3) is 11.3 Å². The Bertz CT molecular complexity index is 1880. The minimum atomic E-state index is -4.17. The van der Waals surface area contributed by atoms with Gasteiger partial charge in [-0.05, 0) is 74.3 Å². The number of nitrogens with one attached hydrogen (secondary N) is 1. The Morgan fingerprint density at radius 1 is 0.938 bits per heavy atom. The van der Waals surface area contributed by atoms with Gasteiger partial charge in [-0.15, -0.1) is 0 Å². The summed E-state index contributed by atoms with van der Waals surface area (Å²) in [4.78, 5) is 36.8. The molecule has 1 fully saturated rings. The van der Waals surface area contributed by atoms with Crippen LogP contribution in [0.2, 0.25) is 0 Å². The molecule has 1 N–H and O–H groups in total. The molecule has 1 saturated heterocycles. The molecule has 2 aromatic carbocycles. The third-order valence-electron chi connectivity index (χ3n) is 8.75. The minimum absolute atomic E-state index is 0.0782. The number of rotatable bonds is 5. The fourth-order valence-electron chi connectivity index (χ4n) is 6.44. The van der Waals surface area contributed by atoms with Crippen LogP contribution in [0.1, 0.15) is 73.8 Å². The Hall–Kier alpha value is -4.58. The first-order chi connectivity index (χ1) is 22.9. The monoisotopic (exact) mass is 669 g/mol. The molecule has 1 atom stereocenters. The molecule has 4 aromatic rings. The maximum atomic E-state index is 14.4. The van der Waals surface area contributed by atoms with Gasteiger partial charge in [0.15, 0.2) is 0 Å². The molecular weight excluding hydrogens is 627 g/mol. The van der Waals surface area contributed by atoms with E-state index in [1.807, 2.05) is 44.4 Å². The highest BCUT2D eigenvalue weighted by atomic mass is 32.2. The lowest BCUT2D eigenvalue weighted by Gasteiger charge is -2.35. The fraction of sp³-hybridized carbons (Fsp3) is 0.417. The molecule has 0 unspecified atom stereocenters. The summed E-state index contributed by atoms with van der Waals surface area (Å²) in [6.45, 7) is 12.5. The van der Waals surface area contributed by atoms with E-state index < -0.39 is 16.1 Å². The van der Waals surface area contributed by atoms with Gasteiger partial charge in [0.25, 0.3) is 15.9 Å². The van der Waals surface area contributed by atoms with Crippen molar-refractivity contribution in [3.63, 3.8) is 0 Å². The molecule has 12 heteroatoms. The standard InChI is InChI=1S/C36H43N7O4S/c1-24-11-9-12-25(2)33(24)30-18-32-40-35(39-30)41-48(45,46)29-14-10-13-26(17-29)34(44)43(27(23-47-32)19-36(3,4)5)22-31-37-20-28(21-38-31)42-15-7-6-8-16-42/h9-14,17-18,20-21,27H,6-8,15-16,19,22-23H2,1-5H3,(H,39,40,41)/t27-/m1/s1. The van der Waals surface area contributed by atoms with Gasteiger partial charge in [-0.2, -0.15) is 4.98 Å². The first-order valence-electron chi connectivity index (χ1n) is 16.4.